The minimum Gasteiger partial charge on any atom is -0.462 e. The number of alkyl halides is 6. The third kappa shape index (κ3) is 3.64. The molecule has 3 heterocycles. The Bertz CT molecular complexity index is 961. The molecule has 0 saturated heterocycles. The zero-order chi connectivity index (χ0) is 20.0. The Morgan fingerprint density at radius 2 is 1.63 bits per heavy atom. The van der Waals surface area contributed by atoms with E-state index < -0.39 is 23.8 Å². The van der Waals surface area contributed by atoms with Crippen molar-refractivity contribution in [2.24, 2.45) is 0 Å². The third-order valence-corrected chi connectivity index (χ3v) is 3.59. The molecule has 0 atom stereocenters. The van der Waals surface area contributed by atoms with Crippen LogP contribution in [-0.4, -0.2) is 36.6 Å². The molecular formula is C15H11F6N5O. The molecule has 0 bridgehead atoms. The molecule has 3 aromatic heterocycles. The maximum Gasteiger partial charge on any atom is 0.453 e. The Kier molecular flexibility index (Phi) is 4.23. The van der Waals surface area contributed by atoms with E-state index in [0.717, 1.165) is 20.0 Å². The Morgan fingerprint density at radius 1 is 0.926 bits per heavy atom. The van der Waals surface area contributed by atoms with Crippen LogP contribution < -0.4 is 4.74 Å². The maximum absolute atomic E-state index is 12.9. The van der Waals surface area contributed by atoms with Gasteiger partial charge in [-0.05, 0) is 32.0 Å². The first-order chi connectivity index (χ1) is 12.4. The van der Waals surface area contributed by atoms with Crippen LogP contribution >= 0.6 is 0 Å². The number of hydrogen-bond acceptors (Lipinski definition) is 5. The number of pyridine rings is 1. The van der Waals surface area contributed by atoms with Crippen molar-refractivity contribution in [3.8, 4) is 17.1 Å². The molecule has 0 aromatic carbocycles. The molecule has 0 radical (unpaired) electrons. The van der Waals surface area contributed by atoms with Gasteiger partial charge in [-0.3, -0.25) is 0 Å². The highest BCUT2D eigenvalue weighted by molar-refractivity contribution is 5.59. The summed E-state index contributed by atoms with van der Waals surface area (Å²) < 4.78 is 82.6. The van der Waals surface area contributed by atoms with E-state index in [1.165, 1.54) is 24.3 Å². The summed E-state index contributed by atoms with van der Waals surface area (Å²) in [7, 11) is 0. The van der Waals surface area contributed by atoms with Gasteiger partial charge in [-0.15, -0.1) is 10.2 Å². The molecule has 0 aliphatic carbocycles. The molecule has 3 rings (SSSR count). The number of ether oxygens (including phenoxy) is 1. The molecule has 0 saturated carbocycles. The zero-order valence-corrected chi connectivity index (χ0v) is 13.8. The van der Waals surface area contributed by atoms with Crippen LogP contribution in [0.5, 0.6) is 5.88 Å². The number of rotatable bonds is 3. The van der Waals surface area contributed by atoms with Crippen molar-refractivity contribution in [3.05, 3.63) is 36.3 Å². The zero-order valence-electron chi connectivity index (χ0n) is 13.8. The van der Waals surface area contributed by atoms with Gasteiger partial charge >= 0.3 is 12.4 Å². The van der Waals surface area contributed by atoms with Crippen LogP contribution in [0.1, 0.15) is 19.7 Å². The van der Waals surface area contributed by atoms with Crippen molar-refractivity contribution in [2.75, 3.05) is 0 Å². The highest BCUT2D eigenvalue weighted by Gasteiger charge is 2.50. The molecule has 0 fully saturated rings. The smallest absolute Gasteiger partial charge is 0.453 e. The number of aromatic nitrogens is 5. The molecule has 6 nitrogen and oxygen atoms in total. The Balaban J connectivity index is 1.91. The van der Waals surface area contributed by atoms with Crippen molar-refractivity contribution in [1.82, 2.24) is 24.8 Å². The van der Waals surface area contributed by atoms with E-state index in [0.29, 0.717) is 4.52 Å². The van der Waals surface area contributed by atoms with Gasteiger partial charge in [0.1, 0.15) is 0 Å². The Morgan fingerprint density at radius 3 is 2.19 bits per heavy atom. The summed E-state index contributed by atoms with van der Waals surface area (Å²) in [4.78, 5) is 3.77. The minimum absolute atomic E-state index is 0.0990. The fourth-order valence-corrected chi connectivity index (χ4v) is 2.03. The second-order valence-corrected chi connectivity index (χ2v) is 6.01. The van der Waals surface area contributed by atoms with Crippen LogP contribution in [-0.2, 0) is 6.18 Å². The van der Waals surface area contributed by atoms with E-state index >= 15 is 0 Å². The van der Waals surface area contributed by atoms with E-state index in [-0.39, 0.29) is 22.8 Å². The standard InChI is InChI=1S/C15H11F6N5O/c1-13(2,15(19,20)21)27-11-6-3-8(7-22-11)9-4-5-10-23-24-12(14(16,17)18)26(10)25-9/h3-7H,1-2H3. The van der Waals surface area contributed by atoms with Gasteiger partial charge in [0.15, 0.2) is 11.2 Å². The first-order valence-corrected chi connectivity index (χ1v) is 7.40. The van der Waals surface area contributed by atoms with E-state index in [4.69, 9.17) is 4.74 Å². The highest BCUT2D eigenvalue weighted by atomic mass is 19.4. The lowest BCUT2D eigenvalue weighted by Gasteiger charge is -2.28. The van der Waals surface area contributed by atoms with E-state index in [1.807, 2.05) is 0 Å². The molecule has 0 amide bonds. The van der Waals surface area contributed by atoms with Gasteiger partial charge < -0.3 is 4.74 Å². The maximum atomic E-state index is 12.9. The van der Waals surface area contributed by atoms with Crippen molar-refractivity contribution in [1.29, 1.82) is 0 Å². The lowest BCUT2D eigenvalue weighted by atomic mass is 10.1. The Hall–Kier alpha value is -2.92. The molecule has 0 aliphatic heterocycles. The fourth-order valence-electron chi connectivity index (χ4n) is 2.03. The predicted molar refractivity (Wildman–Crippen MR) is 79.8 cm³/mol. The fraction of sp³-hybridized carbons (Fsp3) is 0.333. The average molecular weight is 391 g/mol. The van der Waals surface area contributed by atoms with Crippen molar-refractivity contribution in [3.63, 3.8) is 0 Å². The van der Waals surface area contributed by atoms with Gasteiger partial charge in [0.05, 0.1) is 5.69 Å². The van der Waals surface area contributed by atoms with Crippen molar-refractivity contribution in [2.45, 2.75) is 31.8 Å². The normalized spacial score (nSPS) is 13.2. The van der Waals surface area contributed by atoms with Gasteiger partial charge in [0.2, 0.25) is 5.88 Å². The van der Waals surface area contributed by atoms with Crippen LogP contribution in [0.25, 0.3) is 16.9 Å². The number of halogens is 6. The van der Waals surface area contributed by atoms with E-state index in [9.17, 15) is 26.3 Å². The number of hydrogen-bond donors (Lipinski definition) is 0. The van der Waals surface area contributed by atoms with Crippen LogP contribution in [0.15, 0.2) is 30.5 Å². The lowest BCUT2D eigenvalue weighted by molar-refractivity contribution is -0.235. The van der Waals surface area contributed by atoms with Crippen LogP contribution in [0.2, 0.25) is 0 Å². The average Bonchev–Trinajstić information content (AvgIpc) is 2.97. The molecule has 0 spiro atoms. The van der Waals surface area contributed by atoms with Crippen LogP contribution in [0.4, 0.5) is 26.3 Å². The third-order valence-electron chi connectivity index (χ3n) is 3.59. The monoisotopic (exact) mass is 391 g/mol. The molecule has 144 valence electrons. The molecule has 0 N–H and O–H groups in total. The second kappa shape index (κ2) is 6.06. The summed E-state index contributed by atoms with van der Waals surface area (Å²) >= 11 is 0. The van der Waals surface area contributed by atoms with E-state index in [1.54, 1.807) is 0 Å². The summed E-state index contributed by atoms with van der Waals surface area (Å²) in [6, 6.07) is 5.18. The predicted octanol–water partition coefficient (Wildman–Crippen LogP) is 3.92. The number of nitrogens with zero attached hydrogens (tertiary/aromatic N) is 5. The molecule has 12 heteroatoms. The summed E-state index contributed by atoms with van der Waals surface area (Å²) in [6.07, 6.45) is -8.21. The molecule has 0 unspecified atom stereocenters. The van der Waals surface area contributed by atoms with Gasteiger partial charge in [-0.2, -0.15) is 36.0 Å². The number of fused-ring (bicyclic) bond motifs is 1. The minimum atomic E-state index is -4.75. The van der Waals surface area contributed by atoms with Gasteiger partial charge in [0.25, 0.3) is 5.82 Å². The second-order valence-electron chi connectivity index (χ2n) is 6.01. The summed E-state index contributed by atoms with van der Waals surface area (Å²) in [6.45, 7) is 1.70. The van der Waals surface area contributed by atoms with Crippen molar-refractivity contribution >= 4 is 5.65 Å². The van der Waals surface area contributed by atoms with E-state index in [2.05, 4.69) is 20.3 Å². The van der Waals surface area contributed by atoms with Gasteiger partial charge in [0, 0.05) is 17.8 Å². The van der Waals surface area contributed by atoms with Crippen molar-refractivity contribution < 1.29 is 31.1 Å². The Labute approximate surface area is 147 Å². The molecule has 0 aliphatic rings. The van der Waals surface area contributed by atoms with Crippen LogP contribution in [0.3, 0.4) is 0 Å². The van der Waals surface area contributed by atoms with Gasteiger partial charge in [-0.1, -0.05) is 0 Å². The first kappa shape index (κ1) is 18.9. The largest absolute Gasteiger partial charge is 0.462 e. The SMILES string of the molecule is CC(C)(Oc1ccc(-c2ccc3nnc(C(F)(F)F)n3n2)cn1)C(F)(F)F. The molecular weight excluding hydrogens is 380 g/mol. The summed E-state index contributed by atoms with van der Waals surface area (Å²) in [5.74, 6) is -1.58. The topological polar surface area (TPSA) is 65.2 Å². The van der Waals surface area contributed by atoms with Gasteiger partial charge in [-0.25, -0.2) is 4.98 Å². The molecule has 27 heavy (non-hydrogen) atoms. The summed E-state index contributed by atoms with van der Waals surface area (Å²) in [5.41, 5.74) is -2.19. The van der Waals surface area contributed by atoms with Crippen LogP contribution in [0, 0.1) is 0 Å². The highest BCUT2D eigenvalue weighted by Crippen LogP contribution is 2.34. The quantitative estimate of drug-likeness (QED) is 0.633. The first-order valence-electron chi connectivity index (χ1n) is 7.40. The summed E-state index contributed by atoms with van der Waals surface area (Å²) in [5, 5.41) is 10.3. The molecule has 3 aromatic rings. The lowest BCUT2D eigenvalue weighted by Crippen LogP contribution is -2.44.